The molecule has 4 rings (SSSR count). The Labute approximate surface area is 170 Å². The van der Waals surface area contributed by atoms with Gasteiger partial charge in [0.15, 0.2) is 11.2 Å². The average Bonchev–Trinajstić information content (AvgIpc) is 3.11. The fraction of sp³-hybridized carbons (Fsp3) is 0.500. The highest BCUT2D eigenvalue weighted by molar-refractivity contribution is 5.75. The summed E-state index contributed by atoms with van der Waals surface area (Å²) in [6, 6.07) is 10.4. The van der Waals surface area contributed by atoms with Crippen molar-refractivity contribution >= 4 is 17.1 Å². The monoisotopic (exact) mass is 395 g/mol. The summed E-state index contributed by atoms with van der Waals surface area (Å²) >= 11 is 0. The number of anilines is 1. The molecule has 1 aromatic carbocycles. The lowest BCUT2D eigenvalue weighted by Gasteiger charge is -2.33. The number of aryl methyl sites for hydroxylation is 1. The predicted molar refractivity (Wildman–Crippen MR) is 116 cm³/mol. The first-order chi connectivity index (χ1) is 14.0. The highest BCUT2D eigenvalue weighted by Gasteiger charge is 2.28. The summed E-state index contributed by atoms with van der Waals surface area (Å²) in [5.41, 5.74) is 1.82. The van der Waals surface area contributed by atoms with Gasteiger partial charge in [-0.25, -0.2) is 4.79 Å². The molecule has 154 valence electrons. The van der Waals surface area contributed by atoms with Crippen LogP contribution >= 0.6 is 0 Å². The fourth-order valence-electron chi connectivity index (χ4n) is 4.22. The first-order valence-electron chi connectivity index (χ1n) is 10.5. The van der Waals surface area contributed by atoms with Crippen molar-refractivity contribution in [2.75, 3.05) is 18.0 Å². The number of unbranched alkanes of at least 4 members (excludes halogenated alkanes) is 1. The molecule has 1 aliphatic rings. The van der Waals surface area contributed by atoms with Crippen LogP contribution in [0.1, 0.15) is 32.3 Å². The van der Waals surface area contributed by atoms with Crippen LogP contribution in [0, 0.1) is 5.92 Å². The molecule has 0 saturated heterocycles. The van der Waals surface area contributed by atoms with Crippen molar-refractivity contribution in [3.8, 4) is 0 Å². The molecule has 0 saturated carbocycles. The van der Waals surface area contributed by atoms with Crippen molar-refractivity contribution in [1.29, 1.82) is 0 Å². The molecule has 3 aromatic rings. The summed E-state index contributed by atoms with van der Waals surface area (Å²) in [5.74, 6) is 1.20. The van der Waals surface area contributed by atoms with E-state index >= 15 is 0 Å². The second kappa shape index (κ2) is 7.89. The Bertz CT molecular complexity index is 1130. The molecule has 0 unspecified atom stereocenters. The molecule has 0 spiro atoms. The summed E-state index contributed by atoms with van der Waals surface area (Å²) in [6.07, 6.45) is 2.65. The van der Waals surface area contributed by atoms with Crippen molar-refractivity contribution in [3.05, 3.63) is 56.7 Å². The van der Waals surface area contributed by atoms with E-state index in [2.05, 4.69) is 43.0 Å². The zero-order chi connectivity index (χ0) is 20.5. The van der Waals surface area contributed by atoms with E-state index in [4.69, 9.17) is 4.98 Å². The van der Waals surface area contributed by atoms with E-state index < -0.39 is 0 Å². The minimum Gasteiger partial charge on any atom is -0.342 e. The molecule has 1 atom stereocenters. The normalized spacial score (nSPS) is 16.4. The van der Waals surface area contributed by atoms with Gasteiger partial charge in [-0.3, -0.25) is 13.9 Å². The maximum absolute atomic E-state index is 13.2. The molecule has 7 heteroatoms. The third-order valence-electron chi connectivity index (χ3n) is 5.77. The Balaban J connectivity index is 1.78. The fourth-order valence-corrected chi connectivity index (χ4v) is 4.22. The Kier molecular flexibility index (Phi) is 5.30. The van der Waals surface area contributed by atoms with E-state index in [1.807, 2.05) is 10.6 Å². The standard InChI is InChI=1S/C22H29N5O2/c1-4-5-12-26-20(28)18-19(24(3)22(26)29)23-21-25(14-16(2)15-27(18)21)13-11-17-9-7-6-8-10-17/h6-10,16H,4-5,11-15H2,1-3H3/t16-/m1/s1. The summed E-state index contributed by atoms with van der Waals surface area (Å²) in [4.78, 5) is 33.0. The number of imidazole rings is 1. The minimum absolute atomic E-state index is 0.215. The molecule has 2 aromatic heterocycles. The maximum Gasteiger partial charge on any atom is 0.332 e. The van der Waals surface area contributed by atoms with Crippen molar-refractivity contribution in [2.45, 2.75) is 46.2 Å². The van der Waals surface area contributed by atoms with E-state index in [0.717, 1.165) is 44.8 Å². The van der Waals surface area contributed by atoms with Crippen LogP contribution in [0.25, 0.3) is 11.2 Å². The molecule has 29 heavy (non-hydrogen) atoms. The predicted octanol–water partition coefficient (Wildman–Crippen LogP) is 2.40. The molecule has 7 nitrogen and oxygen atoms in total. The SMILES string of the molecule is CCCCn1c(=O)c2c(nc3n2C[C@H](C)CN3CCc2ccccc2)n(C)c1=O. The number of rotatable bonds is 6. The van der Waals surface area contributed by atoms with E-state index in [1.54, 1.807) is 7.05 Å². The molecule has 0 fully saturated rings. The van der Waals surface area contributed by atoms with Crippen molar-refractivity contribution < 1.29 is 0 Å². The third kappa shape index (κ3) is 3.50. The van der Waals surface area contributed by atoms with Crippen molar-refractivity contribution in [1.82, 2.24) is 18.7 Å². The number of hydrogen-bond donors (Lipinski definition) is 0. The first-order valence-corrected chi connectivity index (χ1v) is 10.5. The highest BCUT2D eigenvalue weighted by atomic mass is 16.2. The molecule has 0 radical (unpaired) electrons. The lowest BCUT2D eigenvalue weighted by Crippen LogP contribution is -2.41. The zero-order valence-corrected chi connectivity index (χ0v) is 17.5. The van der Waals surface area contributed by atoms with Gasteiger partial charge >= 0.3 is 5.69 Å². The Morgan fingerprint density at radius 3 is 2.59 bits per heavy atom. The van der Waals surface area contributed by atoms with E-state index in [1.165, 1.54) is 14.7 Å². The van der Waals surface area contributed by atoms with Gasteiger partial charge in [-0.1, -0.05) is 50.6 Å². The second-order valence-corrected chi connectivity index (χ2v) is 8.13. The van der Waals surface area contributed by atoms with Gasteiger partial charge in [-0.15, -0.1) is 0 Å². The van der Waals surface area contributed by atoms with Crippen molar-refractivity contribution in [3.63, 3.8) is 0 Å². The lowest BCUT2D eigenvalue weighted by atomic mass is 10.1. The maximum atomic E-state index is 13.2. The Hall–Kier alpha value is -2.83. The van der Waals surface area contributed by atoms with Gasteiger partial charge in [-0.05, 0) is 24.3 Å². The molecule has 0 bridgehead atoms. The summed E-state index contributed by atoms with van der Waals surface area (Å²) in [5, 5.41) is 0. The molecule has 0 aliphatic carbocycles. The Morgan fingerprint density at radius 2 is 1.86 bits per heavy atom. The zero-order valence-electron chi connectivity index (χ0n) is 17.5. The number of nitrogens with zero attached hydrogens (tertiary/aromatic N) is 5. The lowest BCUT2D eigenvalue weighted by molar-refractivity contribution is 0.436. The van der Waals surface area contributed by atoms with Crippen LogP contribution in [0.3, 0.4) is 0 Å². The quantitative estimate of drug-likeness (QED) is 0.643. The van der Waals surface area contributed by atoms with Gasteiger partial charge < -0.3 is 9.47 Å². The van der Waals surface area contributed by atoms with E-state index in [0.29, 0.717) is 23.6 Å². The van der Waals surface area contributed by atoms with Crippen molar-refractivity contribution in [2.24, 2.45) is 13.0 Å². The summed E-state index contributed by atoms with van der Waals surface area (Å²) in [7, 11) is 1.71. The second-order valence-electron chi connectivity index (χ2n) is 8.13. The van der Waals surface area contributed by atoms with Gasteiger partial charge in [-0.2, -0.15) is 4.98 Å². The molecular formula is C22H29N5O2. The average molecular weight is 396 g/mol. The van der Waals surface area contributed by atoms with Gasteiger partial charge in [0, 0.05) is 33.2 Å². The number of fused-ring (bicyclic) bond motifs is 3. The minimum atomic E-state index is -0.282. The van der Waals surface area contributed by atoms with E-state index in [9.17, 15) is 9.59 Å². The van der Waals surface area contributed by atoms with Gasteiger partial charge in [0.25, 0.3) is 5.56 Å². The molecule has 1 aliphatic heterocycles. The van der Waals surface area contributed by atoms with Crippen LogP contribution in [0.5, 0.6) is 0 Å². The number of benzene rings is 1. The first kappa shape index (κ1) is 19.5. The highest BCUT2D eigenvalue weighted by Crippen LogP contribution is 2.27. The molecule has 0 N–H and O–H groups in total. The van der Waals surface area contributed by atoms with Crippen LogP contribution in [-0.4, -0.2) is 31.8 Å². The molecule has 3 heterocycles. The van der Waals surface area contributed by atoms with Crippen LogP contribution in [-0.2, 0) is 26.6 Å². The van der Waals surface area contributed by atoms with E-state index in [-0.39, 0.29) is 11.2 Å². The molecular weight excluding hydrogens is 366 g/mol. The number of aromatic nitrogens is 4. The molecule has 0 amide bonds. The van der Waals surface area contributed by atoms with Crippen LogP contribution in [0.2, 0.25) is 0 Å². The summed E-state index contributed by atoms with van der Waals surface area (Å²) < 4.78 is 4.92. The van der Waals surface area contributed by atoms with Crippen LogP contribution < -0.4 is 16.1 Å². The number of hydrogen-bond acceptors (Lipinski definition) is 4. The smallest absolute Gasteiger partial charge is 0.332 e. The van der Waals surface area contributed by atoms with Gasteiger partial charge in [0.1, 0.15) is 0 Å². The summed E-state index contributed by atoms with van der Waals surface area (Å²) in [6.45, 7) is 7.17. The Morgan fingerprint density at radius 1 is 1.10 bits per heavy atom. The van der Waals surface area contributed by atoms with Crippen LogP contribution in [0.4, 0.5) is 5.95 Å². The largest absolute Gasteiger partial charge is 0.342 e. The van der Waals surface area contributed by atoms with Gasteiger partial charge in [0.2, 0.25) is 5.95 Å². The van der Waals surface area contributed by atoms with Gasteiger partial charge in [0.05, 0.1) is 0 Å². The topological polar surface area (TPSA) is 65.1 Å². The van der Waals surface area contributed by atoms with Crippen LogP contribution in [0.15, 0.2) is 39.9 Å². The third-order valence-corrected chi connectivity index (χ3v) is 5.77.